The summed E-state index contributed by atoms with van der Waals surface area (Å²) in [5.41, 5.74) is 3.45. The van der Waals surface area contributed by atoms with Gasteiger partial charge in [-0.2, -0.15) is 0 Å². The maximum absolute atomic E-state index is 12.9. The quantitative estimate of drug-likeness (QED) is 0.511. The van der Waals surface area contributed by atoms with Crippen molar-refractivity contribution >= 4 is 28.0 Å². The van der Waals surface area contributed by atoms with Crippen LogP contribution in [0.15, 0.2) is 48.0 Å². The summed E-state index contributed by atoms with van der Waals surface area (Å²) in [5, 5.41) is 5.32. The molecule has 3 aromatic heterocycles. The molecule has 0 saturated heterocycles. The third-order valence-electron chi connectivity index (χ3n) is 4.41. The Bertz CT molecular complexity index is 1160. The number of methoxy groups -OCH3 is 1. The summed E-state index contributed by atoms with van der Waals surface area (Å²) >= 11 is 1.37. The van der Waals surface area contributed by atoms with E-state index in [1.165, 1.54) is 11.3 Å². The zero-order valence-electron chi connectivity index (χ0n) is 16.3. The van der Waals surface area contributed by atoms with Gasteiger partial charge in [0.1, 0.15) is 11.4 Å². The van der Waals surface area contributed by atoms with Gasteiger partial charge in [0, 0.05) is 17.1 Å². The van der Waals surface area contributed by atoms with Gasteiger partial charge in [0.25, 0.3) is 5.91 Å². The number of rotatable bonds is 6. The summed E-state index contributed by atoms with van der Waals surface area (Å²) < 4.78 is 12.5. The first-order chi connectivity index (χ1) is 14.1. The highest BCUT2D eigenvalue weighted by molar-refractivity contribution is 7.14. The number of nitrogens with zero attached hydrogens (tertiary/aromatic N) is 3. The fourth-order valence-corrected chi connectivity index (χ4v) is 3.79. The zero-order valence-corrected chi connectivity index (χ0v) is 17.1. The first kappa shape index (κ1) is 18.9. The first-order valence-electron chi connectivity index (χ1n) is 9.12. The molecule has 3 heterocycles. The fourth-order valence-electron chi connectivity index (χ4n) is 3.08. The van der Waals surface area contributed by atoms with Gasteiger partial charge in [0.15, 0.2) is 16.5 Å². The molecule has 1 aromatic carbocycles. The van der Waals surface area contributed by atoms with Crippen molar-refractivity contribution in [3.05, 3.63) is 59.4 Å². The van der Waals surface area contributed by atoms with Gasteiger partial charge in [-0.25, -0.2) is 9.97 Å². The monoisotopic (exact) mass is 408 g/mol. The molecule has 148 valence electrons. The Morgan fingerprint density at radius 1 is 1.21 bits per heavy atom. The number of anilines is 1. The van der Waals surface area contributed by atoms with Crippen LogP contribution < -0.4 is 14.8 Å². The van der Waals surface area contributed by atoms with Gasteiger partial charge in [0.2, 0.25) is 0 Å². The van der Waals surface area contributed by atoms with Gasteiger partial charge in [-0.3, -0.25) is 14.5 Å². The van der Waals surface area contributed by atoms with Crippen molar-refractivity contribution in [3.63, 3.8) is 0 Å². The standard InChI is InChI=1S/C21H20N4O3S/c1-4-28-17-6-5-11-25-18(13(2)22-19(17)25)20(26)24-21-23-16(12-29-21)14-7-9-15(27-3)10-8-14/h5-12H,4H2,1-3H3,(H,23,24,26). The van der Waals surface area contributed by atoms with Crippen LogP contribution in [0.25, 0.3) is 16.9 Å². The molecule has 0 aliphatic heterocycles. The largest absolute Gasteiger partial charge is 0.497 e. The molecular formula is C21H20N4O3S. The van der Waals surface area contributed by atoms with Gasteiger partial charge in [-0.1, -0.05) is 0 Å². The van der Waals surface area contributed by atoms with Crippen LogP contribution in [0.1, 0.15) is 23.1 Å². The Labute approximate surface area is 172 Å². The number of nitrogens with one attached hydrogen (secondary N) is 1. The molecule has 4 rings (SSSR count). The SMILES string of the molecule is CCOc1cccn2c(C(=O)Nc3nc(-c4ccc(OC)cc4)cs3)c(C)nc12. The molecule has 0 unspecified atom stereocenters. The molecule has 0 aliphatic rings. The summed E-state index contributed by atoms with van der Waals surface area (Å²) in [7, 11) is 1.63. The smallest absolute Gasteiger partial charge is 0.276 e. The molecule has 1 N–H and O–H groups in total. The van der Waals surface area contributed by atoms with E-state index in [2.05, 4.69) is 15.3 Å². The minimum absolute atomic E-state index is 0.265. The number of fused-ring (bicyclic) bond motifs is 1. The molecule has 7 nitrogen and oxygen atoms in total. The number of hydrogen-bond acceptors (Lipinski definition) is 6. The van der Waals surface area contributed by atoms with E-state index in [9.17, 15) is 4.79 Å². The van der Waals surface area contributed by atoms with Crippen LogP contribution in [0.4, 0.5) is 5.13 Å². The predicted octanol–water partition coefficient (Wildman–Crippen LogP) is 4.43. The Morgan fingerprint density at radius 3 is 2.72 bits per heavy atom. The summed E-state index contributed by atoms with van der Waals surface area (Å²) in [4.78, 5) is 22.0. The number of aromatic nitrogens is 3. The van der Waals surface area contributed by atoms with Crippen LogP contribution in [0.3, 0.4) is 0 Å². The van der Waals surface area contributed by atoms with E-state index >= 15 is 0 Å². The summed E-state index contributed by atoms with van der Waals surface area (Å²) in [6, 6.07) is 11.3. The Hall–Kier alpha value is -3.39. The molecule has 0 spiro atoms. The van der Waals surface area contributed by atoms with Crippen molar-refractivity contribution in [2.45, 2.75) is 13.8 Å². The second-order valence-electron chi connectivity index (χ2n) is 6.27. The summed E-state index contributed by atoms with van der Waals surface area (Å²) in [5.74, 6) is 1.17. The number of thiazole rings is 1. The molecule has 8 heteroatoms. The highest BCUT2D eigenvalue weighted by atomic mass is 32.1. The lowest BCUT2D eigenvalue weighted by molar-refractivity contribution is 0.102. The molecular weight excluding hydrogens is 388 g/mol. The minimum atomic E-state index is -0.265. The van der Waals surface area contributed by atoms with Gasteiger partial charge in [-0.15, -0.1) is 11.3 Å². The van der Waals surface area contributed by atoms with E-state index in [0.29, 0.717) is 34.5 Å². The average molecular weight is 408 g/mol. The molecule has 0 atom stereocenters. The van der Waals surface area contributed by atoms with Crippen molar-refractivity contribution < 1.29 is 14.3 Å². The molecule has 4 aromatic rings. The van der Waals surface area contributed by atoms with Crippen LogP contribution in [0.5, 0.6) is 11.5 Å². The second-order valence-corrected chi connectivity index (χ2v) is 7.12. The summed E-state index contributed by atoms with van der Waals surface area (Å²) in [6.07, 6.45) is 1.80. The third kappa shape index (κ3) is 3.66. The molecule has 0 fully saturated rings. The van der Waals surface area contributed by atoms with Crippen molar-refractivity contribution in [1.29, 1.82) is 0 Å². The van der Waals surface area contributed by atoms with Crippen LogP contribution in [-0.2, 0) is 0 Å². The first-order valence-corrected chi connectivity index (χ1v) is 10.0. The van der Waals surface area contributed by atoms with Crippen LogP contribution in [0, 0.1) is 6.92 Å². The average Bonchev–Trinajstić information content (AvgIpc) is 3.32. The number of carbonyl (C=O) groups excluding carboxylic acids is 1. The lowest BCUT2D eigenvalue weighted by Crippen LogP contribution is -2.15. The highest BCUT2D eigenvalue weighted by Crippen LogP contribution is 2.27. The van der Waals surface area contributed by atoms with Crippen LogP contribution in [-0.4, -0.2) is 34.0 Å². The lowest BCUT2D eigenvalue weighted by Gasteiger charge is -2.06. The van der Waals surface area contributed by atoms with E-state index in [1.54, 1.807) is 17.7 Å². The van der Waals surface area contributed by atoms with E-state index in [-0.39, 0.29) is 5.91 Å². The number of aryl methyl sites for hydroxylation is 1. The number of ether oxygens (including phenoxy) is 2. The van der Waals surface area contributed by atoms with E-state index in [1.807, 2.05) is 55.6 Å². The minimum Gasteiger partial charge on any atom is -0.497 e. The maximum Gasteiger partial charge on any atom is 0.276 e. The number of imidazole rings is 1. The van der Waals surface area contributed by atoms with E-state index in [0.717, 1.165) is 17.0 Å². The second kappa shape index (κ2) is 7.92. The maximum atomic E-state index is 12.9. The van der Waals surface area contributed by atoms with Gasteiger partial charge in [-0.05, 0) is 50.2 Å². The Balaban J connectivity index is 1.59. The van der Waals surface area contributed by atoms with Crippen LogP contribution >= 0.6 is 11.3 Å². The Morgan fingerprint density at radius 2 is 2.00 bits per heavy atom. The van der Waals surface area contributed by atoms with Gasteiger partial charge >= 0.3 is 0 Å². The number of hydrogen-bond donors (Lipinski definition) is 1. The molecule has 1 amide bonds. The topological polar surface area (TPSA) is 77.8 Å². The highest BCUT2D eigenvalue weighted by Gasteiger charge is 2.20. The Kier molecular flexibility index (Phi) is 5.18. The predicted molar refractivity (Wildman–Crippen MR) is 113 cm³/mol. The molecule has 0 saturated carbocycles. The lowest BCUT2D eigenvalue weighted by atomic mass is 10.2. The zero-order chi connectivity index (χ0) is 20.4. The van der Waals surface area contributed by atoms with Gasteiger partial charge in [0.05, 0.1) is 25.1 Å². The third-order valence-corrected chi connectivity index (χ3v) is 5.17. The number of benzene rings is 1. The normalized spacial score (nSPS) is 10.9. The fraction of sp³-hybridized carbons (Fsp3) is 0.190. The van der Waals surface area contributed by atoms with Crippen LogP contribution in [0.2, 0.25) is 0 Å². The number of pyridine rings is 1. The summed E-state index contributed by atoms with van der Waals surface area (Å²) in [6.45, 7) is 4.25. The van der Waals surface area contributed by atoms with Gasteiger partial charge < -0.3 is 9.47 Å². The number of amides is 1. The number of carbonyl (C=O) groups is 1. The van der Waals surface area contributed by atoms with E-state index < -0.39 is 0 Å². The molecule has 0 radical (unpaired) electrons. The molecule has 29 heavy (non-hydrogen) atoms. The van der Waals surface area contributed by atoms with E-state index in [4.69, 9.17) is 9.47 Å². The molecule has 0 bridgehead atoms. The van der Waals surface area contributed by atoms with Crippen molar-refractivity contribution in [2.75, 3.05) is 19.0 Å². The van der Waals surface area contributed by atoms with Crippen molar-refractivity contribution in [2.24, 2.45) is 0 Å². The molecule has 0 aliphatic carbocycles. The van der Waals surface area contributed by atoms with Crippen molar-refractivity contribution in [1.82, 2.24) is 14.4 Å². The van der Waals surface area contributed by atoms with Crippen molar-refractivity contribution in [3.8, 4) is 22.8 Å².